The summed E-state index contributed by atoms with van der Waals surface area (Å²) in [5.74, 6) is -1.68. The van der Waals surface area contributed by atoms with E-state index >= 15 is 0 Å². The smallest absolute Gasteiger partial charge is 0.243 e. The van der Waals surface area contributed by atoms with Crippen molar-refractivity contribution >= 4 is 5.65 Å². The summed E-state index contributed by atoms with van der Waals surface area (Å²) < 4.78 is 33.1. The number of imidazole rings is 1. The number of ether oxygens (including phenoxy) is 1. The molecule has 0 aliphatic heterocycles. The molecule has 0 saturated heterocycles. The third-order valence-electron chi connectivity index (χ3n) is 2.85. The number of halogens is 2. The summed E-state index contributed by atoms with van der Waals surface area (Å²) in [5, 5.41) is 9.41. The lowest BCUT2D eigenvalue weighted by Gasteiger charge is -2.04. The van der Waals surface area contributed by atoms with E-state index in [1.54, 1.807) is 28.8 Å². The predicted octanol–water partition coefficient (Wildman–Crippen LogP) is 2.90. The first-order valence-corrected chi connectivity index (χ1v) is 5.89. The molecule has 0 bridgehead atoms. The molecule has 0 aliphatic rings. The number of hydrogen-bond acceptors (Lipinski definition) is 3. The lowest BCUT2D eigenvalue weighted by molar-refractivity contribution is 0.269. The van der Waals surface area contributed by atoms with Gasteiger partial charge in [-0.05, 0) is 24.3 Å². The zero-order valence-electron chi connectivity index (χ0n) is 10.3. The molecule has 3 aromatic rings. The Hall–Kier alpha value is -2.47. The average Bonchev–Trinajstić information content (AvgIpc) is 2.80. The zero-order valence-corrected chi connectivity index (χ0v) is 10.3. The van der Waals surface area contributed by atoms with E-state index in [0.29, 0.717) is 11.3 Å². The molecule has 1 N–H and O–H groups in total. The van der Waals surface area contributed by atoms with Gasteiger partial charge < -0.3 is 9.84 Å². The second kappa shape index (κ2) is 4.90. The topological polar surface area (TPSA) is 46.8 Å². The van der Waals surface area contributed by atoms with Gasteiger partial charge in [-0.15, -0.1) is 0 Å². The highest BCUT2D eigenvalue weighted by atomic mass is 19.2. The normalized spacial score (nSPS) is 10.9. The second-order valence-corrected chi connectivity index (χ2v) is 4.13. The second-order valence-electron chi connectivity index (χ2n) is 4.13. The first-order chi connectivity index (χ1) is 9.69. The first-order valence-electron chi connectivity index (χ1n) is 5.89. The summed E-state index contributed by atoms with van der Waals surface area (Å²) >= 11 is 0. The Balaban J connectivity index is 2.03. The summed E-state index contributed by atoms with van der Waals surface area (Å²) in [6.07, 6.45) is 1.73. The largest absolute Gasteiger partial charge is 0.437 e. The van der Waals surface area contributed by atoms with Gasteiger partial charge in [0.25, 0.3) is 0 Å². The Morgan fingerprint density at radius 2 is 2.00 bits per heavy atom. The Bertz CT molecular complexity index is 771. The van der Waals surface area contributed by atoms with E-state index < -0.39 is 11.6 Å². The van der Waals surface area contributed by atoms with Gasteiger partial charge in [0.2, 0.25) is 5.88 Å². The molecule has 0 spiro atoms. The van der Waals surface area contributed by atoms with E-state index in [0.717, 1.165) is 12.1 Å². The van der Waals surface area contributed by atoms with Crippen LogP contribution in [0.15, 0.2) is 42.6 Å². The number of rotatable bonds is 3. The van der Waals surface area contributed by atoms with Crippen LogP contribution in [0, 0.1) is 11.6 Å². The molecule has 6 heteroatoms. The van der Waals surface area contributed by atoms with Crippen molar-refractivity contribution in [3.63, 3.8) is 0 Å². The van der Waals surface area contributed by atoms with Crippen LogP contribution >= 0.6 is 0 Å². The lowest BCUT2D eigenvalue weighted by atomic mass is 10.3. The van der Waals surface area contributed by atoms with Crippen molar-refractivity contribution in [3.8, 4) is 11.6 Å². The summed E-state index contributed by atoms with van der Waals surface area (Å²) in [7, 11) is 0. The van der Waals surface area contributed by atoms with Crippen LogP contribution in [-0.2, 0) is 6.61 Å². The van der Waals surface area contributed by atoms with Crippen LogP contribution in [0.4, 0.5) is 8.78 Å². The van der Waals surface area contributed by atoms with Crippen LogP contribution in [0.3, 0.4) is 0 Å². The molecule has 1 aromatic carbocycles. The van der Waals surface area contributed by atoms with Gasteiger partial charge in [-0.25, -0.2) is 8.78 Å². The van der Waals surface area contributed by atoms with Crippen molar-refractivity contribution in [1.29, 1.82) is 0 Å². The fourth-order valence-corrected chi connectivity index (χ4v) is 1.90. The van der Waals surface area contributed by atoms with Gasteiger partial charge in [-0.2, -0.15) is 4.98 Å². The number of aliphatic hydroxyl groups is 1. The molecule has 0 aliphatic carbocycles. The molecule has 3 rings (SSSR count). The summed E-state index contributed by atoms with van der Waals surface area (Å²) in [6.45, 7) is -0.288. The van der Waals surface area contributed by atoms with Gasteiger partial charge >= 0.3 is 0 Å². The molecule has 0 fully saturated rings. The van der Waals surface area contributed by atoms with Crippen molar-refractivity contribution in [2.75, 3.05) is 0 Å². The van der Waals surface area contributed by atoms with Gasteiger partial charge in [-0.3, -0.25) is 4.40 Å². The number of benzene rings is 1. The molecule has 0 amide bonds. The minimum Gasteiger partial charge on any atom is -0.437 e. The Morgan fingerprint density at radius 3 is 2.75 bits per heavy atom. The van der Waals surface area contributed by atoms with Crippen molar-refractivity contribution in [1.82, 2.24) is 9.38 Å². The quantitative estimate of drug-likeness (QED) is 0.800. The minimum atomic E-state index is -1.00. The fraction of sp³-hybridized carbons (Fsp3) is 0.0714. The van der Waals surface area contributed by atoms with Crippen LogP contribution < -0.4 is 4.74 Å². The van der Waals surface area contributed by atoms with Crippen LogP contribution in [0.1, 0.15) is 5.69 Å². The summed E-state index contributed by atoms with van der Waals surface area (Å²) in [4.78, 5) is 4.20. The molecule has 2 heterocycles. The van der Waals surface area contributed by atoms with Gasteiger partial charge in [0, 0.05) is 12.3 Å². The van der Waals surface area contributed by atoms with Crippen molar-refractivity contribution in [3.05, 3.63) is 59.9 Å². The highest BCUT2D eigenvalue weighted by molar-refractivity contribution is 5.46. The van der Waals surface area contributed by atoms with Gasteiger partial charge in [0.15, 0.2) is 11.6 Å². The van der Waals surface area contributed by atoms with Crippen LogP contribution in [0.5, 0.6) is 11.6 Å². The number of hydrogen-bond donors (Lipinski definition) is 1. The summed E-state index contributed by atoms with van der Waals surface area (Å²) in [6, 6.07) is 8.53. The van der Waals surface area contributed by atoms with E-state index in [1.807, 2.05) is 0 Å². The molecule has 2 aromatic heterocycles. The third kappa shape index (κ3) is 2.10. The van der Waals surface area contributed by atoms with Gasteiger partial charge in [-0.1, -0.05) is 6.07 Å². The lowest BCUT2D eigenvalue weighted by Crippen LogP contribution is -1.95. The van der Waals surface area contributed by atoms with Crippen molar-refractivity contribution in [2.24, 2.45) is 0 Å². The van der Waals surface area contributed by atoms with E-state index in [9.17, 15) is 13.9 Å². The molecule has 102 valence electrons. The minimum absolute atomic E-state index is 0.113. The van der Waals surface area contributed by atoms with Gasteiger partial charge in [0.1, 0.15) is 17.1 Å². The number of aliphatic hydroxyl groups excluding tert-OH is 1. The standard InChI is InChI=1S/C14H10F2N2O2/c15-10-5-4-9(7-11(10)16)20-14-12(8-19)18-6-2-1-3-13(18)17-14/h1-7,19H,8H2. The monoisotopic (exact) mass is 276 g/mol. The van der Waals surface area contributed by atoms with Crippen LogP contribution in [0.25, 0.3) is 5.65 Å². The van der Waals surface area contributed by atoms with E-state index in [1.165, 1.54) is 6.07 Å². The highest BCUT2D eigenvalue weighted by Crippen LogP contribution is 2.26. The SMILES string of the molecule is OCc1c(Oc2ccc(F)c(F)c2)nc2ccccn12. The number of nitrogens with zero attached hydrogens (tertiary/aromatic N) is 2. The van der Waals surface area contributed by atoms with Crippen LogP contribution in [-0.4, -0.2) is 14.5 Å². The fourth-order valence-electron chi connectivity index (χ4n) is 1.90. The molecule has 20 heavy (non-hydrogen) atoms. The highest BCUT2D eigenvalue weighted by Gasteiger charge is 2.14. The maximum atomic E-state index is 13.1. The predicted molar refractivity (Wildman–Crippen MR) is 67.5 cm³/mol. The molecule has 4 nitrogen and oxygen atoms in total. The van der Waals surface area contributed by atoms with Crippen LogP contribution in [0.2, 0.25) is 0 Å². The first kappa shape index (κ1) is 12.6. The van der Waals surface area contributed by atoms with Gasteiger partial charge in [0.05, 0.1) is 6.61 Å². The third-order valence-corrected chi connectivity index (χ3v) is 2.85. The van der Waals surface area contributed by atoms with Crippen molar-refractivity contribution < 1.29 is 18.6 Å². The Labute approximate surface area is 112 Å². The maximum Gasteiger partial charge on any atom is 0.243 e. The number of pyridine rings is 1. The van der Waals surface area contributed by atoms with E-state index in [4.69, 9.17) is 4.74 Å². The molecule has 0 radical (unpaired) electrons. The number of fused-ring (bicyclic) bond motifs is 1. The van der Waals surface area contributed by atoms with Crippen molar-refractivity contribution in [2.45, 2.75) is 6.61 Å². The Morgan fingerprint density at radius 1 is 1.15 bits per heavy atom. The molecule has 0 atom stereocenters. The molecular formula is C14H10F2N2O2. The molecule has 0 saturated carbocycles. The molecular weight excluding hydrogens is 266 g/mol. The maximum absolute atomic E-state index is 13.1. The molecule has 0 unspecified atom stereocenters. The average molecular weight is 276 g/mol. The van der Waals surface area contributed by atoms with E-state index in [2.05, 4.69) is 4.98 Å². The summed E-state index contributed by atoms with van der Waals surface area (Å²) in [5.41, 5.74) is 1.03. The zero-order chi connectivity index (χ0) is 14.1. The van der Waals surface area contributed by atoms with E-state index in [-0.39, 0.29) is 18.2 Å². The Kier molecular flexibility index (Phi) is 3.08. The number of aromatic nitrogens is 2.